The van der Waals surface area contributed by atoms with Gasteiger partial charge in [0.1, 0.15) is 5.78 Å². The van der Waals surface area contributed by atoms with E-state index >= 15 is 0 Å². The molecule has 0 saturated heterocycles. The van der Waals surface area contributed by atoms with Crippen molar-refractivity contribution in [1.29, 1.82) is 0 Å². The molecule has 4 aliphatic rings. The summed E-state index contributed by atoms with van der Waals surface area (Å²) in [6.07, 6.45) is -0.553. The summed E-state index contributed by atoms with van der Waals surface area (Å²) in [7, 11) is 0. The first-order valence-corrected chi connectivity index (χ1v) is 6.94. The minimum atomic E-state index is -2.65. The number of halogens is 2. The van der Waals surface area contributed by atoms with E-state index in [4.69, 9.17) is 4.74 Å². The standard InChI is InChI=1S/C14H18F2O3/c1-7(12(15)16)19-13(18)14-4-8-2-9(5-14)11(17)10(3-8)6-14/h7-10,12H,2-6H2,1H3. The topological polar surface area (TPSA) is 43.4 Å². The summed E-state index contributed by atoms with van der Waals surface area (Å²) in [4.78, 5) is 24.2. The van der Waals surface area contributed by atoms with Gasteiger partial charge in [0.2, 0.25) is 0 Å². The van der Waals surface area contributed by atoms with Gasteiger partial charge in [-0.25, -0.2) is 8.78 Å². The molecule has 3 atom stereocenters. The number of hydrogen-bond acceptors (Lipinski definition) is 3. The molecule has 4 fully saturated rings. The normalized spacial score (nSPS) is 41.7. The third-order valence-electron chi connectivity index (χ3n) is 5.07. The Morgan fingerprint density at radius 1 is 1.26 bits per heavy atom. The quantitative estimate of drug-likeness (QED) is 0.742. The molecule has 0 aromatic heterocycles. The highest BCUT2D eigenvalue weighted by Crippen LogP contribution is 2.59. The lowest BCUT2D eigenvalue weighted by Gasteiger charge is -2.54. The molecule has 0 radical (unpaired) electrons. The largest absolute Gasteiger partial charge is 0.456 e. The maximum absolute atomic E-state index is 12.5. The summed E-state index contributed by atoms with van der Waals surface area (Å²) < 4.78 is 29.9. The first-order valence-electron chi connectivity index (χ1n) is 6.94. The van der Waals surface area contributed by atoms with Gasteiger partial charge in [0.25, 0.3) is 6.43 Å². The zero-order valence-corrected chi connectivity index (χ0v) is 10.9. The van der Waals surface area contributed by atoms with Crippen molar-refractivity contribution in [1.82, 2.24) is 0 Å². The van der Waals surface area contributed by atoms with E-state index in [0.717, 1.165) is 12.8 Å². The maximum atomic E-state index is 12.5. The molecule has 0 heterocycles. The van der Waals surface area contributed by atoms with E-state index in [1.807, 2.05) is 0 Å². The molecule has 4 aliphatic carbocycles. The first kappa shape index (κ1) is 13.0. The Bertz CT molecular complexity index is 403. The third kappa shape index (κ3) is 1.98. The van der Waals surface area contributed by atoms with E-state index in [2.05, 4.69) is 0 Å². The summed E-state index contributed by atoms with van der Waals surface area (Å²) >= 11 is 0. The molecule has 3 unspecified atom stereocenters. The molecule has 0 N–H and O–H groups in total. The summed E-state index contributed by atoms with van der Waals surface area (Å²) in [6.45, 7) is 1.22. The fourth-order valence-electron chi connectivity index (χ4n) is 4.34. The molecule has 4 bridgehead atoms. The van der Waals surface area contributed by atoms with Crippen molar-refractivity contribution < 1.29 is 23.1 Å². The Balaban J connectivity index is 1.77. The second-order valence-electron chi connectivity index (χ2n) is 6.47. The van der Waals surface area contributed by atoms with Crippen molar-refractivity contribution in [3.05, 3.63) is 0 Å². The Morgan fingerprint density at radius 2 is 1.84 bits per heavy atom. The van der Waals surface area contributed by atoms with Gasteiger partial charge in [-0.05, 0) is 44.9 Å². The number of carbonyl (C=O) groups excluding carboxylic acids is 2. The predicted molar refractivity (Wildman–Crippen MR) is 62.6 cm³/mol. The molecular weight excluding hydrogens is 254 g/mol. The van der Waals surface area contributed by atoms with Crippen molar-refractivity contribution in [2.24, 2.45) is 23.2 Å². The van der Waals surface area contributed by atoms with Crippen LogP contribution in [0.25, 0.3) is 0 Å². The zero-order valence-electron chi connectivity index (χ0n) is 10.9. The summed E-state index contributed by atoms with van der Waals surface area (Å²) in [5.74, 6) is 0.0828. The Hall–Kier alpha value is -1.00. The Morgan fingerprint density at radius 3 is 2.37 bits per heavy atom. The molecule has 0 aromatic carbocycles. The van der Waals surface area contributed by atoms with Gasteiger partial charge >= 0.3 is 5.97 Å². The third-order valence-corrected chi connectivity index (χ3v) is 5.07. The maximum Gasteiger partial charge on any atom is 0.312 e. The van der Waals surface area contributed by atoms with Crippen LogP contribution in [-0.2, 0) is 14.3 Å². The SMILES string of the molecule is CC(OC(=O)C12CC3CC(C1)C(=O)C(C3)C2)C(F)F. The number of Topliss-reactive ketones (excluding diaryl/α,β-unsaturated/α-hetero) is 1. The molecule has 19 heavy (non-hydrogen) atoms. The van der Waals surface area contributed by atoms with Gasteiger partial charge < -0.3 is 4.74 Å². The molecular formula is C14H18F2O3. The molecule has 4 rings (SSSR count). The van der Waals surface area contributed by atoms with Gasteiger partial charge in [-0.1, -0.05) is 0 Å². The van der Waals surface area contributed by atoms with Crippen LogP contribution in [0.3, 0.4) is 0 Å². The molecule has 5 heteroatoms. The van der Waals surface area contributed by atoms with Gasteiger partial charge in [0.15, 0.2) is 6.10 Å². The fourth-order valence-corrected chi connectivity index (χ4v) is 4.34. The number of rotatable bonds is 3. The highest BCUT2D eigenvalue weighted by Gasteiger charge is 2.59. The van der Waals surface area contributed by atoms with Crippen LogP contribution in [0.15, 0.2) is 0 Å². The van der Waals surface area contributed by atoms with Crippen molar-refractivity contribution in [2.45, 2.75) is 51.6 Å². The van der Waals surface area contributed by atoms with Gasteiger partial charge in [0, 0.05) is 11.8 Å². The molecule has 0 aromatic rings. The summed E-state index contributed by atoms with van der Waals surface area (Å²) in [5.41, 5.74) is -0.659. The number of hydrogen-bond donors (Lipinski definition) is 0. The van der Waals surface area contributed by atoms with Gasteiger partial charge in [-0.3, -0.25) is 9.59 Å². The number of carbonyl (C=O) groups is 2. The lowest BCUT2D eigenvalue weighted by atomic mass is 9.49. The Kier molecular flexibility index (Phi) is 2.91. The predicted octanol–water partition coefficient (Wildman–Crippen LogP) is 2.58. The molecule has 4 saturated carbocycles. The Labute approximate surface area is 110 Å². The number of ketones is 1. The fraction of sp³-hybridized carbons (Fsp3) is 0.857. The number of ether oxygens (including phenoxy) is 1. The van der Waals surface area contributed by atoms with E-state index in [0.29, 0.717) is 25.2 Å². The lowest BCUT2D eigenvalue weighted by Crippen LogP contribution is -2.55. The molecule has 0 spiro atoms. The van der Waals surface area contributed by atoms with Crippen LogP contribution in [0.5, 0.6) is 0 Å². The van der Waals surface area contributed by atoms with Crippen LogP contribution in [0.1, 0.15) is 39.0 Å². The number of alkyl halides is 2. The van der Waals surface area contributed by atoms with E-state index in [1.54, 1.807) is 0 Å². The smallest absolute Gasteiger partial charge is 0.312 e. The molecule has 0 aliphatic heterocycles. The van der Waals surface area contributed by atoms with Crippen LogP contribution >= 0.6 is 0 Å². The van der Waals surface area contributed by atoms with E-state index in [9.17, 15) is 18.4 Å². The molecule has 106 valence electrons. The van der Waals surface area contributed by atoms with Crippen molar-refractivity contribution in [3.8, 4) is 0 Å². The van der Waals surface area contributed by atoms with Crippen LogP contribution in [-0.4, -0.2) is 24.3 Å². The zero-order chi connectivity index (χ0) is 13.8. The summed E-state index contributed by atoms with van der Waals surface area (Å²) in [5, 5.41) is 0. The van der Waals surface area contributed by atoms with Crippen LogP contribution in [0, 0.1) is 23.2 Å². The molecule has 0 amide bonds. The van der Waals surface area contributed by atoms with Gasteiger partial charge in [0.05, 0.1) is 5.41 Å². The molecule has 3 nitrogen and oxygen atoms in total. The van der Waals surface area contributed by atoms with Crippen molar-refractivity contribution >= 4 is 11.8 Å². The number of esters is 1. The van der Waals surface area contributed by atoms with Crippen molar-refractivity contribution in [3.63, 3.8) is 0 Å². The second-order valence-corrected chi connectivity index (χ2v) is 6.47. The lowest BCUT2D eigenvalue weighted by molar-refractivity contribution is -0.183. The minimum Gasteiger partial charge on any atom is -0.456 e. The van der Waals surface area contributed by atoms with E-state index in [-0.39, 0.29) is 17.6 Å². The van der Waals surface area contributed by atoms with Gasteiger partial charge in [-0.2, -0.15) is 0 Å². The van der Waals surface area contributed by atoms with Crippen molar-refractivity contribution in [2.75, 3.05) is 0 Å². The van der Waals surface area contributed by atoms with E-state index < -0.39 is 23.9 Å². The first-order chi connectivity index (χ1) is 8.91. The van der Waals surface area contributed by atoms with Gasteiger partial charge in [-0.15, -0.1) is 0 Å². The second kappa shape index (κ2) is 4.25. The van der Waals surface area contributed by atoms with E-state index in [1.165, 1.54) is 6.92 Å². The monoisotopic (exact) mass is 272 g/mol. The van der Waals surface area contributed by atoms with Crippen LogP contribution < -0.4 is 0 Å². The summed E-state index contributed by atoms with van der Waals surface area (Å²) in [6, 6.07) is 0. The minimum absolute atomic E-state index is 0.0411. The highest BCUT2D eigenvalue weighted by atomic mass is 19.3. The van der Waals surface area contributed by atoms with Crippen LogP contribution in [0.4, 0.5) is 8.78 Å². The average molecular weight is 272 g/mol. The highest BCUT2D eigenvalue weighted by molar-refractivity contribution is 5.89. The average Bonchev–Trinajstić information content (AvgIpc) is 2.34. The van der Waals surface area contributed by atoms with Crippen LogP contribution in [0.2, 0.25) is 0 Å².